The molecular weight excluding hydrogens is 510 g/mol. The number of anilines is 1. The van der Waals surface area contributed by atoms with Gasteiger partial charge in [-0.05, 0) is 80.6 Å². The van der Waals surface area contributed by atoms with Crippen LogP contribution < -0.4 is 9.62 Å². The first kappa shape index (κ1) is 29.9. The summed E-state index contributed by atoms with van der Waals surface area (Å²) >= 11 is 0. The normalized spacial score (nSPS) is 12.0. The third kappa shape index (κ3) is 7.47. The van der Waals surface area contributed by atoms with Crippen LogP contribution in [0, 0.1) is 20.8 Å². The SMILES string of the molecule is CCCCNC(=O)C(C)N(Cc1ccccc1C)C(=O)CN(c1ccc(C)c(C)c1)S(=O)(=O)c1ccccc1. The molecule has 0 saturated heterocycles. The first-order valence-corrected chi connectivity index (χ1v) is 14.8. The highest BCUT2D eigenvalue weighted by Crippen LogP contribution is 2.26. The minimum Gasteiger partial charge on any atom is -0.354 e. The van der Waals surface area contributed by atoms with Gasteiger partial charge in [0.2, 0.25) is 11.8 Å². The summed E-state index contributed by atoms with van der Waals surface area (Å²) in [5.74, 6) is -0.733. The fourth-order valence-electron chi connectivity index (χ4n) is 4.22. The number of hydrogen-bond acceptors (Lipinski definition) is 4. The molecule has 3 aromatic rings. The summed E-state index contributed by atoms with van der Waals surface area (Å²) in [6.45, 7) is 9.78. The maximum absolute atomic E-state index is 14.0. The van der Waals surface area contributed by atoms with Crippen LogP contribution in [0.1, 0.15) is 48.9 Å². The van der Waals surface area contributed by atoms with Gasteiger partial charge in [0.05, 0.1) is 10.6 Å². The van der Waals surface area contributed by atoms with E-state index in [4.69, 9.17) is 0 Å². The summed E-state index contributed by atoms with van der Waals surface area (Å²) in [4.78, 5) is 28.6. The van der Waals surface area contributed by atoms with Crippen molar-refractivity contribution in [3.05, 3.63) is 95.1 Å². The molecule has 0 fully saturated rings. The number of carbonyl (C=O) groups is 2. The minimum atomic E-state index is -4.07. The van der Waals surface area contributed by atoms with E-state index in [1.54, 1.807) is 37.3 Å². The summed E-state index contributed by atoms with van der Waals surface area (Å²) in [5.41, 5.74) is 4.19. The van der Waals surface area contributed by atoms with E-state index in [0.717, 1.165) is 39.4 Å². The van der Waals surface area contributed by atoms with Crippen molar-refractivity contribution >= 4 is 27.5 Å². The molecule has 1 atom stereocenters. The van der Waals surface area contributed by atoms with Crippen molar-refractivity contribution in [2.45, 2.75) is 64.9 Å². The van der Waals surface area contributed by atoms with Gasteiger partial charge < -0.3 is 10.2 Å². The predicted molar refractivity (Wildman–Crippen MR) is 156 cm³/mol. The van der Waals surface area contributed by atoms with Crippen molar-refractivity contribution in [3.8, 4) is 0 Å². The molecule has 0 spiro atoms. The average Bonchev–Trinajstić information content (AvgIpc) is 2.92. The fourth-order valence-corrected chi connectivity index (χ4v) is 5.65. The van der Waals surface area contributed by atoms with Crippen LogP contribution >= 0.6 is 0 Å². The molecule has 7 nitrogen and oxygen atoms in total. The Balaban J connectivity index is 2.02. The van der Waals surface area contributed by atoms with Crippen molar-refractivity contribution < 1.29 is 18.0 Å². The highest BCUT2D eigenvalue weighted by molar-refractivity contribution is 7.92. The Morgan fingerprint density at radius 2 is 1.54 bits per heavy atom. The number of carbonyl (C=O) groups excluding carboxylic acids is 2. The zero-order valence-electron chi connectivity index (χ0n) is 23.5. The molecule has 39 heavy (non-hydrogen) atoms. The average molecular weight is 550 g/mol. The number of unbranched alkanes of at least 4 members (excludes halogenated alkanes) is 1. The van der Waals surface area contributed by atoms with Gasteiger partial charge in [0, 0.05) is 13.1 Å². The van der Waals surface area contributed by atoms with E-state index in [-0.39, 0.29) is 17.3 Å². The summed E-state index contributed by atoms with van der Waals surface area (Å²) in [6, 6.07) is 20.3. The van der Waals surface area contributed by atoms with E-state index >= 15 is 0 Å². The number of rotatable bonds is 12. The maximum Gasteiger partial charge on any atom is 0.264 e. The summed E-state index contributed by atoms with van der Waals surface area (Å²) in [5, 5.41) is 2.91. The fraction of sp³-hybridized carbons (Fsp3) is 0.355. The molecule has 0 aromatic heterocycles. The molecule has 0 bridgehead atoms. The quantitative estimate of drug-likeness (QED) is 0.317. The number of sulfonamides is 1. The Morgan fingerprint density at radius 1 is 0.872 bits per heavy atom. The number of amides is 2. The van der Waals surface area contributed by atoms with Crippen LogP contribution in [0.25, 0.3) is 0 Å². The molecule has 0 aliphatic rings. The van der Waals surface area contributed by atoms with Gasteiger partial charge in [-0.15, -0.1) is 0 Å². The summed E-state index contributed by atoms with van der Waals surface area (Å²) < 4.78 is 28.8. The van der Waals surface area contributed by atoms with Crippen LogP contribution in [0.4, 0.5) is 5.69 Å². The number of nitrogens with zero attached hydrogens (tertiary/aromatic N) is 2. The maximum atomic E-state index is 14.0. The molecule has 1 N–H and O–H groups in total. The van der Waals surface area contributed by atoms with Crippen LogP contribution in [-0.4, -0.2) is 44.3 Å². The van der Waals surface area contributed by atoms with E-state index in [1.807, 2.05) is 58.0 Å². The van der Waals surface area contributed by atoms with Gasteiger partial charge in [0.1, 0.15) is 12.6 Å². The van der Waals surface area contributed by atoms with Crippen LogP contribution in [0.2, 0.25) is 0 Å². The zero-order chi connectivity index (χ0) is 28.6. The number of benzene rings is 3. The van der Waals surface area contributed by atoms with Gasteiger partial charge in [-0.1, -0.05) is 61.9 Å². The monoisotopic (exact) mass is 549 g/mol. The molecule has 0 saturated carbocycles. The topological polar surface area (TPSA) is 86.8 Å². The third-order valence-electron chi connectivity index (χ3n) is 6.99. The molecule has 0 radical (unpaired) electrons. The molecule has 3 rings (SSSR count). The van der Waals surface area contributed by atoms with Gasteiger partial charge in [0.15, 0.2) is 0 Å². The predicted octanol–water partition coefficient (Wildman–Crippen LogP) is 5.14. The Bertz CT molecular complexity index is 1390. The van der Waals surface area contributed by atoms with Gasteiger partial charge >= 0.3 is 0 Å². The molecule has 0 aliphatic carbocycles. The summed E-state index contributed by atoms with van der Waals surface area (Å²) in [7, 11) is -4.07. The number of nitrogens with one attached hydrogen (secondary N) is 1. The number of hydrogen-bond donors (Lipinski definition) is 1. The molecule has 208 valence electrons. The Morgan fingerprint density at radius 3 is 2.18 bits per heavy atom. The Hall–Kier alpha value is -3.65. The van der Waals surface area contributed by atoms with Crippen LogP contribution in [0.15, 0.2) is 77.7 Å². The van der Waals surface area contributed by atoms with Gasteiger partial charge in [-0.25, -0.2) is 8.42 Å². The van der Waals surface area contributed by atoms with Crippen molar-refractivity contribution in [3.63, 3.8) is 0 Å². The smallest absolute Gasteiger partial charge is 0.264 e. The molecule has 3 aromatic carbocycles. The minimum absolute atomic E-state index is 0.0897. The molecule has 8 heteroatoms. The Kier molecular flexibility index (Phi) is 10.3. The van der Waals surface area contributed by atoms with Crippen molar-refractivity contribution in [1.82, 2.24) is 10.2 Å². The van der Waals surface area contributed by atoms with Gasteiger partial charge in [-0.2, -0.15) is 0 Å². The lowest BCUT2D eigenvalue weighted by molar-refractivity contribution is -0.139. The first-order chi connectivity index (χ1) is 18.6. The molecular formula is C31H39N3O4S. The molecule has 0 aliphatic heterocycles. The standard InChI is InChI=1S/C31H39N3O4S/c1-6-7-19-32-31(36)26(5)33(21-27-14-12-11-13-24(27)3)30(35)22-34(28-18-17-23(2)25(4)20-28)39(37,38)29-15-9-8-10-16-29/h8-18,20,26H,6-7,19,21-22H2,1-5H3,(H,32,36). The van der Waals surface area contributed by atoms with Crippen molar-refractivity contribution in [2.75, 3.05) is 17.4 Å². The molecule has 1 unspecified atom stereocenters. The second-order valence-electron chi connectivity index (χ2n) is 9.86. The van der Waals surface area contributed by atoms with Crippen molar-refractivity contribution in [2.24, 2.45) is 0 Å². The van der Waals surface area contributed by atoms with E-state index in [9.17, 15) is 18.0 Å². The summed E-state index contributed by atoms with van der Waals surface area (Å²) in [6.07, 6.45) is 1.77. The Labute approximate surface area is 232 Å². The first-order valence-electron chi connectivity index (χ1n) is 13.3. The lowest BCUT2D eigenvalue weighted by Gasteiger charge is -2.32. The lowest BCUT2D eigenvalue weighted by atomic mass is 10.1. The van der Waals surface area contributed by atoms with E-state index in [2.05, 4.69) is 5.32 Å². The highest BCUT2D eigenvalue weighted by Gasteiger charge is 2.32. The third-order valence-corrected chi connectivity index (χ3v) is 8.78. The van der Waals surface area contributed by atoms with Gasteiger partial charge in [-0.3, -0.25) is 13.9 Å². The number of aryl methyl sites for hydroxylation is 3. The van der Waals surface area contributed by atoms with Crippen LogP contribution in [0.3, 0.4) is 0 Å². The van der Waals surface area contributed by atoms with E-state index in [0.29, 0.717) is 12.2 Å². The highest BCUT2D eigenvalue weighted by atomic mass is 32.2. The van der Waals surface area contributed by atoms with Crippen LogP contribution in [0.5, 0.6) is 0 Å². The second kappa shape index (κ2) is 13.4. The van der Waals surface area contributed by atoms with Crippen LogP contribution in [-0.2, 0) is 26.2 Å². The zero-order valence-corrected chi connectivity index (χ0v) is 24.3. The lowest BCUT2D eigenvalue weighted by Crippen LogP contribution is -2.51. The second-order valence-corrected chi connectivity index (χ2v) is 11.7. The van der Waals surface area contributed by atoms with Gasteiger partial charge in [0.25, 0.3) is 10.0 Å². The van der Waals surface area contributed by atoms with E-state index < -0.39 is 28.5 Å². The molecule has 0 heterocycles. The van der Waals surface area contributed by atoms with E-state index in [1.165, 1.54) is 17.0 Å². The van der Waals surface area contributed by atoms with Crippen molar-refractivity contribution in [1.29, 1.82) is 0 Å². The largest absolute Gasteiger partial charge is 0.354 e. The molecule has 2 amide bonds.